The topological polar surface area (TPSA) is 71.0 Å². The van der Waals surface area contributed by atoms with Gasteiger partial charge in [0.25, 0.3) is 0 Å². The Bertz CT molecular complexity index is 1330. The standard InChI is InChI=1S/C28H31N3O2/c1-18(2)22-14-21(15-23(19(3)4)27(22)33)26(32)17-31-25-13-9-8-12-24(25)30(28(31)29)16-20-10-6-5-7-11-20/h5-15,18-19,29,33H,16-17H2,1-4H3. The predicted molar refractivity (Wildman–Crippen MR) is 132 cm³/mol. The number of para-hydroxylation sites is 2. The molecule has 1 heterocycles. The van der Waals surface area contributed by atoms with Crippen LogP contribution < -0.4 is 5.62 Å². The Morgan fingerprint density at radius 3 is 1.91 bits per heavy atom. The Balaban J connectivity index is 1.77. The largest absolute Gasteiger partial charge is 0.507 e. The number of benzene rings is 3. The van der Waals surface area contributed by atoms with Crippen LogP contribution in [0.5, 0.6) is 5.75 Å². The van der Waals surface area contributed by atoms with E-state index in [4.69, 9.17) is 5.41 Å². The van der Waals surface area contributed by atoms with E-state index in [0.717, 1.165) is 27.7 Å². The summed E-state index contributed by atoms with van der Waals surface area (Å²) in [5.41, 5.74) is 5.33. The summed E-state index contributed by atoms with van der Waals surface area (Å²) in [7, 11) is 0. The molecule has 0 spiro atoms. The Morgan fingerprint density at radius 2 is 1.36 bits per heavy atom. The lowest BCUT2D eigenvalue weighted by atomic mass is 9.90. The van der Waals surface area contributed by atoms with Gasteiger partial charge in [0.15, 0.2) is 5.78 Å². The first-order valence-corrected chi connectivity index (χ1v) is 11.4. The van der Waals surface area contributed by atoms with E-state index < -0.39 is 0 Å². The molecule has 0 aliphatic carbocycles. The molecule has 0 aliphatic heterocycles. The van der Waals surface area contributed by atoms with Crippen molar-refractivity contribution in [2.24, 2.45) is 0 Å². The molecule has 4 rings (SSSR count). The highest BCUT2D eigenvalue weighted by Gasteiger charge is 2.20. The zero-order valence-corrected chi connectivity index (χ0v) is 19.7. The first-order chi connectivity index (χ1) is 15.8. The Kier molecular flexibility index (Phi) is 6.23. The van der Waals surface area contributed by atoms with E-state index in [1.54, 1.807) is 4.57 Å². The molecule has 5 heteroatoms. The molecule has 0 saturated heterocycles. The minimum absolute atomic E-state index is 0.0695. The van der Waals surface area contributed by atoms with Gasteiger partial charge in [-0.3, -0.25) is 10.2 Å². The highest BCUT2D eigenvalue weighted by molar-refractivity contribution is 5.97. The summed E-state index contributed by atoms with van der Waals surface area (Å²) in [5, 5.41) is 19.6. The molecule has 3 aromatic carbocycles. The third-order valence-corrected chi connectivity index (χ3v) is 6.19. The van der Waals surface area contributed by atoms with Crippen molar-refractivity contribution in [2.75, 3.05) is 0 Å². The molecule has 4 aromatic rings. The molecule has 0 atom stereocenters. The zero-order valence-electron chi connectivity index (χ0n) is 19.7. The number of Topliss-reactive ketones (excluding diaryl/α,β-unsaturated/α-hetero) is 1. The van der Waals surface area contributed by atoms with Crippen LogP contribution in [-0.4, -0.2) is 20.0 Å². The van der Waals surface area contributed by atoms with E-state index in [2.05, 4.69) is 0 Å². The quantitative estimate of drug-likeness (QED) is 0.356. The average molecular weight is 442 g/mol. The molecule has 0 amide bonds. The molecule has 0 aliphatic rings. The molecule has 0 fully saturated rings. The summed E-state index contributed by atoms with van der Waals surface area (Å²) in [6, 6.07) is 21.5. The molecule has 5 nitrogen and oxygen atoms in total. The van der Waals surface area contributed by atoms with Gasteiger partial charge >= 0.3 is 0 Å². The molecule has 0 radical (unpaired) electrons. The number of nitrogens with one attached hydrogen (secondary N) is 1. The number of carbonyl (C=O) groups excluding carboxylic acids is 1. The molecule has 0 unspecified atom stereocenters. The number of rotatable bonds is 7. The van der Waals surface area contributed by atoms with Gasteiger partial charge in [0.05, 0.1) is 24.1 Å². The molecular weight excluding hydrogens is 410 g/mol. The van der Waals surface area contributed by atoms with Crippen LogP contribution in [0.25, 0.3) is 11.0 Å². The van der Waals surface area contributed by atoms with Crippen molar-refractivity contribution in [3.63, 3.8) is 0 Å². The maximum atomic E-state index is 13.4. The summed E-state index contributed by atoms with van der Waals surface area (Å²) in [4.78, 5) is 13.4. The lowest BCUT2D eigenvalue weighted by Crippen LogP contribution is -2.27. The van der Waals surface area contributed by atoms with Gasteiger partial charge in [0, 0.05) is 5.56 Å². The summed E-state index contributed by atoms with van der Waals surface area (Å²) in [6.07, 6.45) is 0. The van der Waals surface area contributed by atoms with Gasteiger partial charge in [-0.25, -0.2) is 0 Å². The first-order valence-electron chi connectivity index (χ1n) is 11.4. The van der Waals surface area contributed by atoms with Crippen molar-refractivity contribution in [1.82, 2.24) is 9.13 Å². The van der Waals surface area contributed by atoms with Crippen molar-refractivity contribution in [3.8, 4) is 5.75 Å². The number of hydrogen-bond acceptors (Lipinski definition) is 3. The van der Waals surface area contributed by atoms with E-state index in [0.29, 0.717) is 17.7 Å². The van der Waals surface area contributed by atoms with Crippen LogP contribution in [-0.2, 0) is 13.1 Å². The minimum atomic E-state index is -0.0695. The van der Waals surface area contributed by atoms with Crippen LogP contribution in [0.2, 0.25) is 0 Å². The Hall–Kier alpha value is -3.60. The monoisotopic (exact) mass is 441 g/mol. The summed E-state index contributed by atoms with van der Waals surface area (Å²) in [5.74, 6) is 0.412. The first kappa shape index (κ1) is 22.6. The zero-order chi connectivity index (χ0) is 23.7. The van der Waals surface area contributed by atoms with Crippen molar-refractivity contribution in [1.29, 1.82) is 5.41 Å². The lowest BCUT2D eigenvalue weighted by molar-refractivity contribution is 0.0971. The summed E-state index contributed by atoms with van der Waals surface area (Å²) < 4.78 is 3.71. The van der Waals surface area contributed by atoms with E-state index >= 15 is 0 Å². The van der Waals surface area contributed by atoms with Crippen LogP contribution in [0.3, 0.4) is 0 Å². The van der Waals surface area contributed by atoms with Crippen LogP contribution in [0.15, 0.2) is 66.7 Å². The van der Waals surface area contributed by atoms with Crippen molar-refractivity contribution in [2.45, 2.75) is 52.6 Å². The number of carbonyl (C=O) groups is 1. The molecular formula is C28H31N3O2. The van der Waals surface area contributed by atoms with Gasteiger partial charge in [-0.2, -0.15) is 0 Å². The van der Waals surface area contributed by atoms with Crippen molar-refractivity contribution in [3.05, 3.63) is 94.6 Å². The number of aromatic nitrogens is 2. The van der Waals surface area contributed by atoms with Crippen molar-refractivity contribution < 1.29 is 9.90 Å². The second-order valence-electron chi connectivity index (χ2n) is 9.21. The number of phenolic OH excluding ortho intramolecular Hbond substituents is 1. The van der Waals surface area contributed by atoms with Crippen LogP contribution in [0, 0.1) is 5.41 Å². The molecule has 170 valence electrons. The predicted octanol–water partition coefficient (Wildman–Crippen LogP) is 5.81. The van der Waals surface area contributed by atoms with Gasteiger partial charge in [-0.15, -0.1) is 0 Å². The molecule has 2 N–H and O–H groups in total. The number of aromatic hydroxyl groups is 1. The lowest BCUT2D eigenvalue weighted by Gasteiger charge is -2.17. The average Bonchev–Trinajstić information content (AvgIpc) is 3.05. The highest BCUT2D eigenvalue weighted by atomic mass is 16.3. The maximum absolute atomic E-state index is 13.4. The fraction of sp³-hybridized carbons (Fsp3) is 0.286. The second-order valence-corrected chi connectivity index (χ2v) is 9.21. The smallest absolute Gasteiger partial charge is 0.203 e. The molecule has 0 saturated carbocycles. The number of imidazole rings is 1. The summed E-state index contributed by atoms with van der Waals surface area (Å²) in [6.45, 7) is 8.70. The number of nitrogens with zero attached hydrogens (tertiary/aromatic N) is 2. The molecule has 0 bridgehead atoms. The van der Waals surface area contributed by atoms with Gasteiger partial charge in [-0.05, 0) is 52.8 Å². The molecule has 33 heavy (non-hydrogen) atoms. The van der Waals surface area contributed by atoms with Gasteiger partial charge in [0.2, 0.25) is 5.62 Å². The molecule has 1 aromatic heterocycles. The minimum Gasteiger partial charge on any atom is -0.507 e. The Labute approximate surface area is 194 Å². The number of ketones is 1. The third-order valence-electron chi connectivity index (χ3n) is 6.19. The van der Waals surface area contributed by atoms with Gasteiger partial charge < -0.3 is 14.2 Å². The fourth-order valence-corrected chi connectivity index (χ4v) is 4.34. The van der Waals surface area contributed by atoms with E-state index in [-0.39, 0.29) is 29.9 Å². The fourth-order valence-electron chi connectivity index (χ4n) is 4.34. The highest BCUT2D eigenvalue weighted by Crippen LogP contribution is 2.35. The van der Waals surface area contributed by atoms with E-state index in [1.165, 1.54) is 0 Å². The number of fused-ring (bicyclic) bond motifs is 1. The Morgan fingerprint density at radius 1 is 0.848 bits per heavy atom. The van der Waals surface area contributed by atoms with Gasteiger partial charge in [-0.1, -0.05) is 70.2 Å². The SMILES string of the molecule is CC(C)c1cc(C(=O)Cn2c(=N)n(Cc3ccccc3)c3ccccc32)cc(C(C)C)c1O. The maximum Gasteiger partial charge on any atom is 0.203 e. The van der Waals surface area contributed by atoms with Crippen LogP contribution in [0.4, 0.5) is 0 Å². The van der Waals surface area contributed by atoms with Crippen molar-refractivity contribution >= 4 is 16.8 Å². The van der Waals surface area contributed by atoms with E-state index in [1.807, 2.05) is 99.0 Å². The number of hydrogen-bond donors (Lipinski definition) is 2. The van der Waals surface area contributed by atoms with Crippen LogP contribution in [0.1, 0.15) is 66.6 Å². The second kappa shape index (κ2) is 9.10. The van der Waals surface area contributed by atoms with Crippen LogP contribution >= 0.6 is 0 Å². The third kappa shape index (κ3) is 4.36. The summed E-state index contributed by atoms with van der Waals surface area (Å²) >= 11 is 0. The van der Waals surface area contributed by atoms with Gasteiger partial charge in [0.1, 0.15) is 5.75 Å². The van der Waals surface area contributed by atoms with E-state index in [9.17, 15) is 9.90 Å². The normalized spacial score (nSPS) is 11.6. The number of phenols is 1.